The second-order valence-electron chi connectivity index (χ2n) is 5.70. The molecule has 112 valence electrons. The van der Waals surface area contributed by atoms with E-state index in [0.717, 1.165) is 0 Å². The highest BCUT2D eigenvalue weighted by Gasteiger charge is 2.50. The molecule has 1 heterocycles. The van der Waals surface area contributed by atoms with E-state index in [-0.39, 0.29) is 5.82 Å². The largest absolute Gasteiger partial charge is 0.390 e. The second kappa shape index (κ2) is 5.11. The molecule has 6 heteroatoms. The predicted octanol–water partition coefficient (Wildman–Crippen LogP) is 0.523. The van der Waals surface area contributed by atoms with Crippen LogP contribution in [0.3, 0.4) is 0 Å². The Morgan fingerprint density at radius 2 is 2.14 bits per heavy atom. The Balaban J connectivity index is 1.79. The monoisotopic (exact) mass is 292 g/mol. The summed E-state index contributed by atoms with van der Waals surface area (Å²) in [6, 6.07) is 5.47. The summed E-state index contributed by atoms with van der Waals surface area (Å²) in [4.78, 5) is 24.6. The van der Waals surface area contributed by atoms with Gasteiger partial charge in [-0.2, -0.15) is 0 Å². The topological polar surface area (TPSA) is 69.6 Å². The Labute approximate surface area is 121 Å². The average Bonchev–Trinajstić information content (AvgIpc) is 3.13. The molecule has 1 saturated carbocycles. The fourth-order valence-corrected chi connectivity index (χ4v) is 2.99. The van der Waals surface area contributed by atoms with Gasteiger partial charge in [-0.25, -0.2) is 4.39 Å². The second-order valence-corrected chi connectivity index (χ2v) is 5.70. The summed E-state index contributed by atoms with van der Waals surface area (Å²) < 4.78 is 13.9. The number of aliphatic hydroxyl groups excluding tert-OH is 1. The summed E-state index contributed by atoms with van der Waals surface area (Å²) >= 11 is 0. The minimum absolute atomic E-state index is 0.352. The molecule has 0 radical (unpaired) electrons. The van der Waals surface area contributed by atoms with Gasteiger partial charge in [0.1, 0.15) is 11.9 Å². The minimum atomic E-state index is -0.883. The first-order chi connectivity index (χ1) is 10.1. The van der Waals surface area contributed by atoms with Gasteiger partial charge < -0.3 is 15.3 Å². The van der Waals surface area contributed by atoms with E-state index in [4.69, 9.17) is 0 Å². The van der Waals surface area contributed by atoms with E-state index in [9.17, 15) is 19.1 Å². The van der Waals surface area contributed by atoms with Gasteiger partial charge in [0.15, 0.2) is 0 Å². The van der Waals surface area contributed by atoms with E-state index in [0.29, 0.717) is 37.8 Å². The van der Waals surface area contributed by atoms with Crippen LogP contribution in [0.15, 0.2) is 24.3 Å². The highest BCUT2D eigenvalue weighted by atomic mass is 19.1. The van der Waals surface area contributed by atoms with Crippen molar-refractivity contribution in [1.29, 1.82) is 0 Å². The van der Waals surface area contributed by atoms with Crippen molar-refractivity contribution in [2.75, 3.05) is 6.54 Å². The van der Waals surface area contributed by atoms with Gasteiger partial charge in [0, 0.05) is 12.1 Å². The van der Waals surface area contributed by atoms with Crippen LogP contribution >= 0.6 is 0 Å². The van der Waals surface area contributed by atoms with E-state index in [2.05, 4.69) is 5.32 Å². The fraction of sp³-hybridized carbons (Fsp3) is 0.467. The van der Waals surface area contributed by atoms with Crippen molar-refractivity contribution < 1.29 is 19.1 Å². The van der Waals surface area contributed by atoms with E-state index in [1.165, 1.54) is 11.0 Å². The number of hydrogen-bond donors (Lipinski definition) is 2. The summed E-state index contributed by atoms with van der Waals surface area (Å²) in [6.07, 6.45) is 1.39. The molecule has 3 rings (SSSR count). The number of hydrogen-bond acceptors (Lipinski definition) is 3. The van der Waals surface area contributed by atoms with E-state index in [1.807, 2.05) is 0 Å². The predicted molar refractivity (Wildman–Crippen MR) is 72.6 cm³/mol. The average molecular weight is 292 g/mol. The van der Waals surface area contributed by atoms with E-state index < -0.39 is 23.6 Å². The van der Waals surface area contributed by atoms with Crippen LogP contribution in [0.5, 0.6) is 0 Å². The summed E-state index contributed by atoms with van der Waals surface area (Å²) in [5.41, 5.74) is -0.234. The lowest BCUT2D eigenvalue weighted by molar-refractivity contribution is -0.134. The van der Waals surface area contributed by atoms with Crippen LogP contribution in [0.2, 0.25) is 0 Å². The van der Waals surface area contributed by atoms with Gasteiger partial charge in [0.25, 0.3) is 0 Å². The number of aliphatic hydroxyl groups is 1. The molecule has 5 nitrogen and oxygen atoms in total. The maximum Gasteiger partial charge on any atom is 0.246 e. The van der Waals surface area contributed by atoms with Crippen LogP contribution < -0.4 is 5.32 Å². The molecule has 2 aliphatic rings. The van der Waals surface area contributed by atoms with Gasteiger partial charge in [-0.3, -0.25) is 9.59 Å². The van der Waals surface area contributed by atoms with Crippen LogP contribution in [0.25, 0.3) is 0 Å². The molecule has 1 aliphatic carbocycles. The molecule has 1 saturated heterocycles. The summed E-state index contributed by atoms with van der Waals surface area (Å²) in [5, 5.41) is 12.7. The van der Waals surface area contributed by atoms with E-state index in [1.54, 1.807) is 18.2 Å². The third-order valence-electron chi connectivity index (χ3n) is 4.31. The quantitative estimate of drug-likeness (QED) is 0.795. The molecule has 2 amide bonds. The SMILES string of the molecule is O=CN1CCC(O)C1C(=O)NC1(c2ccccc2F)CC1. The zero-order chi connectivity index (χ0) is 15.0. The third-order valence-corrected chi connectivity index (χ3v) is 4.31. The Morgan fingerprint density at radius 3 is 2.76 bits per heavy atom. The molecule has 1 aromatic rings. The number of likely N-dealkylation sites (tertiary alicyclic amines) is 1. The number of nitrogens with zero attached hydrogens (tertiary/aromatic N) is 1. The Hall–Kier alpha value is -1.95. The lowest BCUT2D eigenvalue weighted by atomic mass is 10.0. The number of rotatable bonds is 4. The minimum Gasteiger partial charge on any atom is -0.390 e. The Kier molecular flexibility index (Phi) is 3.41. The molecule has 2 atom stereocenters. The van der Waals surface area contributed by atoms with Crippen LogP contribution in [0, 0.1) is 5.82 Å². The first-order valence-electron chi connectivity index (χ1n) is 7.03. The summed E-state index contributed by atoms with van der Waals surface area (Å²) in [6.45, 7) is 0.357. The molecule has 2 fully saturated rings. The summed E-state index contributed by atoms with van der Waals surface area (Å²) in [7, 11) is 0. The van der Waals surface area contributed by atoms with Gasteiger partial charge >= 0.3 is 0 Å². The number of halogens is 1. The summed E-state index contributed by atoms with van der Waals surface area (Å²) in [5.74, 6) is -0.776. The molecule has 0 aromatic heterocycles. The molecule has 2 unspecified atom stereocenters. The molecule has 1 aromatic carbocycles. The van der Waals surface area contributed by atoms with Crippen LogP contribution in [0.4, 0.5) is 4.39 Å². The number of nitrogens with one attached hydrogen (secondary N) is 1. The van der Waals surface area contributed by atoms with Crippen molar-refractivity contribution in [3.8, 4) is 0 Å². The van der Waals surface area contributed by atoms with E-state index >= 15 is 0 Å². The molecule has 2 N–H and O–H groups in total. The van der Waals surface area contributed by atoms with Gasteiger partial charge in [-0.05, 0) is 25.3 Å². The highest BCUT2D eigenvalue weighted by molar-refractivity contribution is 5.86. The number of carbonyl (C=O) groups excluding carboxylic acids is 2. The van der Waals surface area contributed by atoms with Gasteiger partial charge in [0.05, 0.1) is 11.6 Å². The first kappa shape index (κ1) is 14.0. The zero-order valence-electron chi connectivity index (χ0n) is 11.5. The van der Waals surface area contributed by atoms with Gasteiger partial charge in [0.2, 0.25) is 12.3 Å². The number of amides is 2. The highest BCUT2D eigenvalue weighted by Crippen LogP contribution is 2.46. The maximum atomic E-state index is 13.9. The van der Waals surface area contributed by atoms with Crippen molar-refractivity contribution in [3.63, 3.8) is 0 Å². The molecule has 0 bridgehead atoms. The molecule has 1 aliphatic heterocycles. The van der Waals surface area contributed by atoms with Crippen LogP contribution in [0.1, 0.15) is 24.8 Å². The fourth-order valence-electron chi connectivity index (χ4n) is 2.99. The standard InChI is InChI=1S/C15H17FN2O3/c16-11-4-2-1-3-10(11)15(6-7-15)17-14(21)13-12(20)5-8-18(13)9-19/h1-4,9,12-13,20H,5-8H2,(H,17,21). The zero-order valence-corrected chi connectivity index (χ0v) is 11.5. The number of carbonyl (C=O) groups is 2. The van der Waals surface area contributed by atoms with Gasteiger partial charge in [-0.15, -0.1) is 0 Å². The lowest BCUT2D eigenvalue weighted by Gasteiger charge is -2.25. The number of benzene rings is 1. The van der Waals surface area contributed by atoms with Crippen LogP contribution in [-0.4, -0.2) is 41.0 Å². The lowest BCUT2D eigenvalue weighted by Crippen LogP contribution is -2.50. The maximum absolute atomic E-state index is 13.9. The first-order valence-corrected chi connectivity index (χ1v) is 7.03. The Morgan fingerprint density at radius 1 is 1.43 bits per heavy atom. The van der Waals surface area contributed by atoms with Crippen molar-refractivity contribution in [1.82, 2.24) is 10.2 Å². The van der Waals surface area contributed by atoms with Crippen molar-refractivity contribution in [2.45, 2.75) is 36.9 Å². The molecular weight excluding hydrogens is 275 g/mol. The van der Waals surface area contributed by atoms with Crippen molar-refractivity contribution >= 4 is 12.3 Å². The third kappa shape index (κ3) is 2.40. The molecule has 21 heavy (non-hydrogen) atoms. The van der Waals surface area contributed by atoms with Crippen molar-refractivity contribution in [2.24, 2.45) is 0 Å². The van der Waals surface area contributed by atoms with Crippen LogP contribution in [-0.2, 0) is 15.1 Å². The molecule has 0 spiro atoms. The smallest absolute Gasteiger partial charge is 0.246 e. The normalized spacial score (nSPS) is 26.5. The Bertz CT molecular complexity index is 574. The van der Waals surface area contributed by atoms with Crippen molar-refractivity contribution in [3.05, 3.63) is 35.6 Å². The molecular formula is C15H17FN2O3. The van der Waals surface area contributed by atoms with Gasteiger partial charge in [-0.1, -0.05) is 18.2 Å².